The Morgan fingerprint density at radius 2 is 2.25 bits per heavy atom. The molecule has 5 heteroatoms. The van der Waals surface area contributed by atoms with Crippen LogP contribution in [0.3, 0.4) is 0 Å². The van der Waals surface area contributed by atoms with E-state index in [9.17, 15) is 5.11 Å². The Morgan fingerprint density at radius 1 is 1.50 bits per heavy atom. The van der Waals surface area contributed by atoms with Crippen LogP contribution in [0, 0.1) is 5.92 Å². The number of hydrogen-bond donors (Lipinski definition) is 2. The van der Waals surface area contributed by atoms with E-state index in [-0.39, 0.29) is 6.10 Å². The summed E-state index contributed by atoms with van der Waals surface area (Å²) < 4.78 is 0.815. The van der Waals surface area contributed by atoms with Crippen molar-refractivity contribution < 1.29 is 5.11 Å². The first-order chi connectivity index (χ1) is 7.67. The van der Waals surface area contributed by atoms with Gasteiger partial charge < -0.3 is 10.4 Å². The van der Waals surface area contributed by atoms with E-state index in [0.29, 0.717) is 5.92 Å². The quantitative estimate of drug-likeness (QED) is 0.831. The first-order valence-electron chi connectivity index (χ1n) is 5.62. The fourth-order valence-electron chi connectivity index (χ4n) is 1.83. The number of nitrogens with zero attached hydrogens (tertiary/aromatic N) is 2. The van der Waals surface area contributed by atoms with Gasteiger partial charge in [0.25, 0.3) is 0 Å². The van der Waals surface area contributed by atoms with Gasteiger partial charge in [0.1, 0.15) is 16.2 Å². The molecule has 0 spiro atoms. The lowest BCUT2D eigenvalue weighted by atomic mass is 9.82. The number of aromatic nitrogens is 2. The molecule has 0 aliphatic heterocycles. The third-order valence-corrected chi connectivity index (χ3v) is 3.25. The zero-order valence-electron chi connectivity index (χ0n) is 9.28. The van der Waals surface area contributed by atoms with Crippen molar-refractivity contribution in [1.29, 1.82) is 0 Å². The van der Waals surface area contributed by atoms with Gasteiger partial charge in [0.15, 0.2) is 0 Å². The molecule has 1 saturated carbocycles. The van der Waals surface area contributed by atoms with Crippen LogP contribution in [-0.2, 0) is 6.42 Å². The minimum absolute atomic E-state index is 0.0878. The molecular weight excluding hydrogens is 270 g/mol. The van der Waals surface area contributed by atoms with Crippen LogP contribution < -0.4 is 5.32 Å². The van der Waals surface area contributed by atoms with Crippen molar-refractivity contribution in [1.82, 2.24) is 9.97 Å². The van der Waals surface area contributed by atoms with Gasteiger partial charge in [0.2, 0.25) is 0 Å². The van der Waals surface area contributed by atoms with E-state index < -0.39 is 0 Å². The molecule has 0 atom stereocenters. The standard InChI is InChI=1S/C11H16BrN3O/c1-2-10-14-9(12)5-11(15-10)13-6-7-3-8(16)4-7/h5,7-8,16H,2-4,6H2,1H3,(H,13,14,15). The monoisotopic (exact) mass is 285 g/mol. The highest BCUT2D eigenvalue weighted by molar-refractivity contribution is 9.10. The summed E-state index contributed by atoms with van der Waals surface area (Å²) in [4.78, 5) is 8.64. The van der Waals surface area contributed by atoms with Crippen LogP contribution in [0.25, 0.3) is 0 Å². The minimum atomic E-state index is -0.0878. The van der Waals surface area contributed by atoms with Gasteiger partial charge in [-0.3, -0.25) is 0 Å². The van der Waals surface area contributed by atoms with E-state index in [0.717, 1.165) is 42.1 Å². The number of aryl methyl sites for hydroxylation is 1. The Balaban J connectivity index is 1.90. The van der Waals surface area contributed by atoms with E-state index in [1.165, 1.54) is 0 Å². The second-order valence-electron chi connectivity index (χ2n) is 4.22. The van der Waals surface area contributed by atoms with E-state index in [4.69, 9.17) is 0 Å². The molecule has 16 heavy (non-hydrogen) atoms. The van der Waals surface area contributed by atoms with Crippen molar-refractivity contribution >= 4 is 21.7 Å². The lowest BCUT2D eigenvalue weighted by Gasteiger charge is -2.31. The molecule has 1 aromatic rings. The highest BCUT2D eigenvalue weighted by Crippen LogP contribution is 2.27. The first kappa shape index (κ1) is 11.8. The molecule has 0 unspecified atom stereocenters. The molecule has 0 bridgehead atoms. The lowest BCUT2D eigenvalue weighted by Crippen LogP contribution is -2.33. The summed E-state index contributed by atoms with van der Waals surface area (Å²) in [6.07, 6.45) is 2.55. The Labute approximate surface area is 104 Å². The Hall–Kier alpha value is -0.680. The van der Waals surface area contributed by atoms with Crippen molar-refractivity contribution in [2.75, 3.05) is 11.9 Å². The minimum Gasteiger partial charge on any atom is -0.393 e. The maximum absolute atomic E-state index is 9.18. The number of aliphatic hydroxyl groups excluding tert-OH is 1. The molecule has 4 nitrogen and oxygen atoms in total. The van der Waals surface area contributed by atoms with Gasteiger partial charge >= 0.3 is 0 Å². The number of halogens is 1. The zero-order chi connectivity index (χ0) is 11.5. The fraction of sp³-hybridized carbons (Fsp3) is 0.636. The molecule has 0 aromatic carbocycles. The summed E-state index contributed by atoms with van der Waals surface area (Å²) >= 11 is 3.37. The third kappa shape index (κ3) is 2.92. The van der Waals surface area contributed by atoms with Gasteiger partial charge in [0.05, 0.1) is 6.10 Å². The molecule has 2 N–H and O–H groups in total. The average molecular weight is 286 g/mol. The number of rotatable bonds is 4. The summed E-state index contributed by atoms with van der Waals surface area (Å²) in [6, 6.07) is 1.88. The van der Waals surface area contributed by atoms with Gasteiger partial charge in [-0.2, -0.15) is 0 Å². The van der Waals surface area contributed by atoms with Crippen LogP contribution in [0.5, 0.6) is 0 Å². The van der Waals surface area contributed by atoms with E-state index >= 15 is 0 Å². The van der Waals surface area contributed by atoms with Gasteiger partial charge in [-0.05, 0) is 34.7 Å². The van der Waals surface area contributed by atoms with Gasteiger partial charge in [0, 0.05) is 19.0 Å². The van der Waals surface area contributed by atoms with Crippen LogP contribution >= 0.6 is 15.9 Å². The SMILES string of the molecule is CCc1nc(Br)cc(NCC2CC(O)C2)n1. The van der Waals surface area contributed by atoms with Gasteiger partial charge in [-0.1, -0.05) is 6.92 Å². The topological polar surface area (TPSA) is 58.0 Å². The molecule has 2 rings (SSSR count). The molecular formula is C11H16BrN3O. The Morgan fingerprint density at radius 3 is 2.88 bits per heavy atom. The fourth-order valence-corrected chi connectivity index (χ4v) is 2.25. The average Bonchev–Trinajstić information content (AvgIpc) is 2.22. The van der Waals surface area contributed by atoms with Crippen LogP contribution in [0.4, 0.5) is 5.82 Å². The third-order valence-electron chi connectivity index (χ3n) is 2.84. The largest absolute Gasteiger partial charge is 0.393 e. The van der Waals surface area contributed by atoms with E-state index in [1.54, 1.807) is 0 Å². The predicted molar refractivity (Wildman–Crippen MR) is 66.3 cm³/mol. The summed E-state index contributed by atoms with van der Waals surface area (Å²) in [5.41, 5.74) is 0. The van der Waals surface area contributed by atoms with Gasteiger partial charge in [-0.15, -0.1) is 0 Å². The van der Waals surface area contributed by atoms with Gasteiger partial charge in [-0.25, -0.2) is 9.97 Å². The van der Waals surface area contributed by atoms with E-state index in [1.807, 2.05) is 13.0 Å². The first-order valence-corrected chi connectivity index (χ1v) is 6.42. The van der Waals surface area contributed by atoms with Crippen molar-refractivity contribution in [3.05, 3.63) is 16.5 Å². The van der Waals surface area contributed by atoms with Crippen molar-refractivity contribution in [3.8, 4) is 0 Å². The lowest BCUT2D eigenvalue weighted by molar-refractivity contribution is 0.0486. The second-order valence-corrected chi connectivity index (χ2v) is 5.03. The Bertz CT molecular complexity index is 366. The number of nitrogens with one attached hydrogen (secondary N) is 1. The van der Waals surface area contributed by atoms with Crippen LogP contribution in [0.15, 0.2) is 10.7 Å². The molecule has 88 valence electrons. The van der Waals surface area contributed by atoms with Crippen molar-refractivity contribution in [2.45, 2.75) is 32.3 Å². The van der Waals surface area contributed by atoms with Crippen molar-refractivity contribution in [3.63, 3.8) is 0 Å². The zero-order valence-corrected chi connectivity index (χ0v) is 10.9. The molecule has 0 radical (unpaired) electrons. The summed E-state index contributed by atoms with van der Waals surface area (Å²) in [5, 5.41) is 12.5. The molecule has 1 fully saturated rings. The molecule has 0 saturated heterocycles. The number of hydrogen-bond acceptors (Lipinski definition) is 4. The smallest absolute Gasteiger partial charge is 0.131 e. The molecule has 0 amide bonds. The normalized spacial score (nSPS) is 23.9. The van der Waals surface area contributed by atoms with Crippen LogP contribution in [-0.4, -0.2) is 27.7 Å². The van der Waals surface area contributed by atoms with Crippen LogP contribution in [0.1, 0.15) is 25.6 Å². The maximum atomic E-state index is 9.18. The predicted octanol–water partition coefficient (Wildman–Crippen LogP) is 1.98. The van der Waals surface area contributed by atoms with Crippen molar-refractivity contribution in [2.24, 2.45) is 5.92 Å². The molecule has 1 aromatic heterocycles. The number of aliphatic hydroxyl groups is 1. The molecule has 1 aliphatic carbocycles. The van der Waals surface area contributed by atoms with E-state index in [2.05, 4.69) is 31.2 Å². The summed E-state index contributed by atoms with van der Waals surface area (Å²) in [5.74, 6) is 2.28. The summed E-state index contributed by atoms with van der Waals surface area (Å²) in [6.45, 7) is 2.91. The second kappa shape index (κ2) is 5.10. The highest BCUT2D eigenvalue weighted by Gasteiger charge is 2.26. The molecule has 1 aliphatic rings. The number of anilines is 1. The molecule has 1 heterocycles. The maximum Gasteiger partial charge on any atom is 0.131 e. The summed E-state index contributed by atoms with van der Waals surface area (Å²) in [7, 11) is 0. The highest BCUT2D eigenvalue weighted by atomic mass is 79.9. The van der Waals surface area contributed by atoms with Crippen LogP contribution in [0.2, 0.25) is 0 Å². The Kier molecular flexibility index (Phi) is 3.76.